The van der Waals surface area contributed by atoms with Gasteiger partial charge in [-0.25, -0.2) is 18.4 Å². The van der Waals surface area contributed by atoms with Crippen LogP contribution < -0.4 is 4.90 Å². The van der Waals surface area contributed by atoms with Gasteiger partial charge in [0.1, 0.15) is 17.0 Å². The highest BCUT2D eigenvalue weighted by Gasteiger charge is 2.31. The first-order valence-corrected chi connectivity index (χ1v) is 13.7. The molecule has 32 heavy (non-hydrogen) atoms. The molecule has 1 fully saturated rings. The van der Waals surface area contributed by atoms with E-state index in [4.69, 9.17) is 0 Å². The van der Waals surface area contributed by atoms with Gasteiger partial charge in [-0.1, -0.05) is 32.9 Å². The Morgan fingerprint density at radius 3 is 2.47 bits per heavy atom. The van der Waals surface area contributed by atoms with Crippen molar-refractivity contribution in [2.75, 3.05) is 31.1 Å². The Kier molecular flexibility index (Phi) is 5.72. The molecule has 1 aliphatic heterocycles. The Morgan fingerprint density at radius 1 is 1.06 bits per heavy atom. The summed E-state index contributed by atoms with van der Waals surface area (Å²) >= 11 is 1.80. The summed E-state index contributed by atoms with van der Waals surface area (Å²) in [7, 11) is -3.49. The molecule has 0 N–H and O–H groups in total. The van der Waals surface area contributed by atoms with Crippen molar-refractivity contribution >= 4 is 37.4 Å². The van der Waals surface area contributed by atoms with Crippen LogP contribution in [0.15, 0.2) is 35.5 Å². The summed E-state index contributed by atoms with van der Waals surface area (Å²) in [6, 6.07) is 7.32. The van der Waals surface area contributed by atoms with Crippen molar-refractivity contribution in [3.8, 4) is 0 Å². The first kappa shape index (κ1) is 21.8. The van der Waals surface area contributed by atoms with Crippen molar-refractivity contribution in [3.63, 3.8) is 0 Å². The van der Waals surface area contributed by atoms with Crippen LogP contribution in [0.4, 0.5) is 5.82 Å². The fourth-order valence-corrected chi connectivity index (χ4v) is 7.58. The van der Waals surface area contributed by atoms with Gasteiger partial charge in [0.05, 0.1) is 10.3 Å². The summed E-state index contributed by atoms with van der Waals surface area (Å²) in [6.07, 6.45) is 5.06. The number of benzene rings is 1. The molecule has 1 saturated heterocycles. The minimum Gasteiger partial charge on any atom is -0.353 e. The Balaban J connectivity index is 1.36. The summed E-state index contributed by atoms with van der Waals surface area (Å²) in [5.74, 6) is 2.07. The van der Waals surface area contributed by atoms with Crippen LogP contribution in [0.2, 0.25) is 0 Å². The highest BCUT2D eigenvalue weighted by molar-refractivity contribution is 7.89. The summed E-state index contributed by atoms with van der Waals surface area (Å²) < 4.78 is 28.0. The van der Waals surface area contributed by atoms with Crippen molar-refractivity contribution in [3.05, 3.63) is 46.6 Å². The molecule has 5 rings (SSSR count). The third kappa shape index (κ3) is 3.82. The number of anilines is 1. The molecule has 0 radical (unpaired) electrons. The average molecular weight is 471 g/mol. The van der Waals surface area contributed by atoms with Crippen LogP contribution >= 0.6 is 11.3 Å². The smallest absolute Gasteiger partial charge is 0.243 e. The van der Waals surface area contributed by atoms with E-state index in [0.717, 1.165) is 35.0 Å². The molecule has 2 aliphatic rings. The molecule has 1 aliphatic carbocycles. The van der Waals surface area contributed by atoms with Gasteiger partial charge in [0.2, 0.25) is 10.0 Å². The molecule has 2 aromatic heterocycles. The lowest BCUT2D eigenvalue weighted by Crippen LogP contribution is -2.49. The van der Waals surface area contributed by atoms with Gasteiger partial charge in [0.25, 0.3) is 0 Å². The Morgan fingerprint density at radius 2 is 1.78 bits per heavy atom. The predicted molar refractivity (Wildman–Crippen MR) is 130 cm³/mol. The van der Waals surface area contributed by atoms with Crippen LogP contribution in [0, 0.1) is 5.92 Å². The third-order valence-electron chi connectivity index (χ3n) is 6.79. The lowest BCUT2D eigenvalue weighted by molar-refractivity contribution is 0.384. The summed E-state index contributed by atoms with van der Waals surface area (Å²) in [6.45, 7) is 8.73. The van der Waals surface area contributed by atoms with E-state index in [9.17, 15) is 8.42 Å². The molecule has 170 valence electrons. The van der Waals surface area contributed by atoms with E-state index in [1.165, 1.54) is 22.2 Å². The highest BCUT2D eigenvalue weighted by Crippen LogP contribution is 2.40. The summed E-state index contributed by atoms with van der Waals surface area (Å²) in [5, 5.41) is 1.19. The number of rotatable bonds is 4. The lowest BCUT2D eigenvalue weighted by Gasteiger charge is -2.35. The number of aromatic nitrogens is 2. The summed E-state index contributed by atoms with van der Waals surface area (Å²) in [5.41, 5.74) is 2.56. The van der Waals surface area contributed by atoms with Crippen LogP contribution in [0.5, 0.6) is 0 Å². The third-order valence-corrected chi connectivity index (χ3v) is 9.87. The van der Waals surface area contributed by atoms with Crippen molar-refractivity contribution in [1.29, 1.82) is 0 Å². The highest BCUT2D eigenvalue weighted by atomic mass is 32.2. The van der Waals surface area contributed by atoms with Crippen LogP contribution in [0.25, 0.3) is 10.2 Å². The van der Waals surface area contributed by atoms with Crippen LogP contribution in [0.1, 0.15) is 49.1 Å². The van der Waals surface area contributed by atoms with E-state index in [-0.39, 0.29) is 0 Å². The molecule has 6 nitrogen and oxygen atoms in total. The maximum atomic E-state index is 13.2. The SMILES string of the molecule is CC(C)c1ccc(S(=O)(=O)N2CCN(c3ncnc4sc5c(c34)CC[C@@H](C)C5)CC2)cc1. The zero-order valence-electron chi connectivity index (χ0n) is 18.9. The fraction of sp³-hybridized carbons (Fsp3) is 0.500. The fourth-order valence-electron chi connectivity index (χ4n) is 4.81. The van der Waals surface area contributed by atoms with Crippen LogP contribution in [-0.2, 0) is 22.9 Å². The second-order valence-electron chi connectivity index (χ2n) is 9.34. The minimum absolute atomic E-state index is 0.376. The van der Waals surface area contributed by atoms with E-state index in [1.807, 2.05) is 12.1 Å². The number of piperazine rings is 1. The van der Waals surface area contributed by atoms with Gasteiger partial charge in [-0.05, 0) is 54.4 Å². The number of aryl methyl sites for hydroxylation is 1. The number of thiophene rings is 1. The molecule has 0 unspecified atom stereocenters. The maximum Gasteiger partial charge on any atom is 0.243 e. The zero-order chi connectivity index (χ0) is 22.5. The Bertz CT molecular complexity index is 1230. The molecule has 1 aromatic carbocycles. The maximum absolute atomic E-state index is 13.2. The second-order valence-corrected chi connectivity index (χ2v) is 12.4. The lowest BCUT2D eigenvalue weighted by atomic mass is 9.89. The van der Waals surface area contributed by atoms with Gasteiger partial charge < -0.3 is 4.90 Å². The molecule has 0 saturated carbocycles. The first-order chi connectivity index (χ1) is 15.3. The normalized spacial score (nSPS) is 20.1. The van der Waals surface area contributed by atoms with Crippen LogP contribution in [-0.4, -0.2) is 48.9 Å². The first-order valence-electron chi connectivity index (χ1n) is 11.4. The van der Waals surface area contributed by atoms with Gasteiger partial charge in [0, 0.05) is 31.1 Å². The van der Waals surface area contributed by atoms with Gasteiger partial charge in [-0.15, -0.1) is 11.3 Å². The average Bonchev–Trinajstić information content (AvgIpc) is 3.16. The topological polar surface area (TPSA) is 66.4 Å². The Labute approximate surface area is 194 Å². The molecule has 0 amide bonds. The molecule has 0 bridgehead atoms. The molecule has 0 spiro atoms. The van der Waals surface area contributed by atoms with E-state index in [2.05, 4.69) is 35.6 Å². The standard InChI is InChI=1S/C24H30N4O2S2/c1-16(2)18-5-7-19(8-6-18)32(29,30)28-12-10-27(11-13-28)23-22-20-9-4-17(3)14-21(20)31-24(22)26-15-25-23/h5-8,15-17H,4,9-14H2,1-3H3/t17-/m1/s1. The number of hydrogen-bond donors (Lipinski definition) is 0. The molecular formula is C24H30N4O2S2. The van der Waals surface area contributed by atoms with Crippen molar-refractivity contribution in [2.45, 2.75) is 50.8 Å². The number of fused-ring (bicyclic) bond motifs is 3. The van der Waals surface area contributed by atoms with Crippen molar-refractivity contribution in [2.24, 2.45) is 5.92 Å². The van der Waals surface area contributed by atoms with E-state index < -0.39 is 10.0 Å². The van der Waals surface area contributed by atoms with Gasteiger partial charge in [0.15, 0.2) is 0 Å². The molecule has 8 heteroatoms. The van der Waals surface area contributed by atoms with Gasteiger partial charge in [-0.3, -0.25) is 0 Å². The second kappa shape index (κ2) is 8.39. The van der Waals surface area contributed by atoms with E-state index in [0.29, 0.717) is 37.0 Å². The van der Waals surface area contributed by atoms with Gasteiger partial charge >= 0.3 is 0 Å². The molecule has 1 atom stereocenters. The van der Waals surface area contributed by atoms with Crippen molar-refractivity contribution < 1.29 is 8.42 Å². The molecular weight excluding hydrogens is 440 g/mol. The quantitative estimate of drug-likeness (QED) is 0.564. The van der Waals surface area contributed by atoms with E-state index >= 15 is 0 Å². The Hall–Kier alpha value is -2.03. The molecule has 3 heterocycles. The monoisotopic (exact) mass is 470 g/mol. The van der Waals surface area contributed by atoms with Gasteiger partial charge in [-0.2, -0.15) is 4.31 Å². The van der Waals surface area contributed by atoms with Crippen molar-refractivity contribution in [1.82, 2.24) is 14.3 Å². The number of sulfonamides is 1. The predicted octanol–water partition coefficient (Wildman–Crippen LogP) is 4.45. The van der Waals surface area contributed by atoms with E-state index in [1.54, 1.807) is 34.1 Å². The zero-order valence-corrected chi connectivity index (χ0v) is 20.5. The summed E-state index contributed by atoms with van der Waals surface area (Å²) in [4.78, 5) is 14.3. The number of nitrogens with zero attached hydrogens (tertiary/aromatic N) is 4. The number of hydrogen-bond acceptors (Lipinski definition) is 6. The minimum atomic E-state index is -3.49. The largest absolute Gasteiger partial charge is 0.353 e. The molecule has 3 aromatic rings. The van der Waals surface area contributed by atoms with Crippen LogP contribution in [0.3, 0.4) is 0 Å².